The number of hydrogen-bond donors (Lipinski definition) is 2. The van der Waals surface area contributed by atoms with Crippen molar-refractivity contribution in [1.29, 1.82) is 0 Å². The van der Waals surface area contributed by atoms with Gasteiger partial charge in [0, 0.05) is 36.0 Å². The Morgan fingerprint density at radius 1 is 1.00 bits per heavy atom. The third-order valence-corrected chi connectivity index (χ3v) is 4.63. The van der Waals surface area contributed by atoms with Gasteiger partial charge in [-0.1, -0.05) is 41.9 Å². The standard InChI is InChI=1S/C21H19ClN2O3/c22-17-7-3-2-6-16(17)19(25)9-10-20(26)23-12-11-15-13-14-5-1-4-8-18(14)24-21(15)27/h1-8,13H,9-12H2,(H,23,26)(H,24,27). The Hall–Kier alpha value is -2.92. The predicted molar refractivity (Wildman–Crippen MR) is 106 cm³/mol. The smallest absolute Gasteiger partial charge is 0.251 e. The number of amides is 1. The molecular formula is C21H19ClN2O3. The minimum absolute atomic E-state index is 0.0815. The molecule has 6 heteroatoms. The van der Waals surface area contributed by atoms with Gasteiger partial charge in [0.2, 0.25) is 5.91 Å². The van der Waals surface area contributed by atoms with Gasteiger partial charge in [-0.3, -0.25) is 14.4 Å². The average Bonchev–Trinajstić information content (AvgIpc) is 2.67. The van der Waals surface area contributed by atoms with Crippen molar-refractivity contribution >= 4 is 34.2 Å². The Bertz CT molecular complexity index is 1040. The van der Waals surface area contributed by atoms with Gasteiger partial charge in [0.15, 0.2) is 5.78 Å². The number of fused-ring (bicyclic) bond motifs is 1. The quantitative estimate of drug-likeness (QED) is 0.614. The number of aromatic amines is 1. The first-order valence-electron chi connectivity index (χ1n) is 8.70. The predicted octanol–water partition coefficient (Wildman–Crippen LogP) is 3.50. The van der Waals surface area contributed by atoms with Crippen LogP contribution in [-0.2, 0) is 11.2 Å². The highest BCUT2D eigenvalue weighted by Crippen LogP contribution is 2.17. The molecule has 0 atom stereocenters. The molecule has 0 saturated heterocycles. The molecule has 138 valence electrons. The largest absolute Gasteiger partial charge is 0.356 e. The zero-order valence-corrected chi connectivity index (χ0v) is 15.4. The average molecular weight is 383 g/mol. The first kappa shape index (κ1) is 18.9. The van der Waals surface area contributed by atoms with Crippen LogP contribution in [0.3, 0.4) is 0 Å². The van der Waals surface area contributed by atoms with Gasteiger partial charge in [0.25, 0.3) is 5.56 Å². The molecule has 0 radical (unpaired) electrons. The van der Waals surface area contributed by atoms with Crippen LogP contribution in [0.25, 0.3) is 10.9 Å². The van der Waals surface area contributed by atoms with E-state index in [9.17, 15) is 14.4 Å². The molecule has 5 nitrogen and oxygen atoms in total. The number of nitrogens with one attached hydrogen (secondary N) is 2. The Morgan fingerprint density at radius 2 is 1.74 bits per heavy atom. The molecule has 0 spiro atoms. The highest BCUT2D eigenvalue weighted by Gasteiger charge is 2.12. The molecule has 0 fully saturated rings. The molecule has 0 bridgehead atoms. The van der Waals surface area contributed by atoms with E-state index in [0.717, 1.165) is 10.9 Å². The maximum Gasteiger partial charge on any atom is 0.251 e. The summed E-state index contributed by atoms with van der Waals surface area (Å²) >= 11 is 5.99. The van der Waals surface area contributed by atoms with E-state index in [4.69, 9.17) is 11.6 Å². The third-order valence-electron chi connectivity index (χ3n) is 4.30. The molecule has 27 heavy (non-hydrogen) atoms. The van der Waals surface area contributed by atoms with Crippen molar-refractivity contribution < 1.29 is 9.59 Å². The second-order valence-corrected chi connectivity index (χ2v) is 6.62. The highest BCUT2D eigenvalue weighted by molar-refractivity contribution is 6.34. The van der Waals surface area contributed by atoms with Crippen LogP contribution in [0.15, 0.2) is 59.4 Å². The van der Waals surface area contributed by atoms with Crippen LogP contribution < -0.4 is 10.9 Å². The normalized spacial score (nSPS) is 10.7. The number of para-hydroxylation sites is 1. The Kier molecular flexibility index (Phi) is 6.04. The lowest BCUT2D eigenvalue weighted by atomic mass is 10.1. The minimum Gasteiger partial charge on any atom is -0.356 e. The second kappa shape index (κ2) is 8.64. The van der Waals surface area contributed by atoms with Crippen molar-refractivity contribution in [2.75, 3.05) is 6.54 Å². The Labute approximate surface area is 161 Å². The Balaban J connectivity index is 1.50. The van der Waals surface area contributed by atoms with Crippen molar-refractivity contribution in [3.63, 3.8) is 0 Å². The number of hydrogen-bond acceptors (Lipinski definition) is 3. The number of pyridine rings is 1. The molecule has 0 saturated carbocycles. The monoisotopic (exact) mass is 382 g/mol. The number of carbonyl (C=O) groups is 2. The van der Waals surface area contributed by atoms with E-state index in [-0.39, 0.29) is 30.1 Å². The first-order chi connectivity index (χ1) is 13.0. The first-order valence-corrected chi connectivity index (χ1v) is 9.08. The van der Waals surface area contributed by atoms with Gasteiger partial charge in [-0.2, -0.15) is 0 Å². The molecule has 1 amide bonds. The molecule has 3 rings (SSSR count). The molecule has 2 aromatic carbocycles. The topological polar surface area (TPSA) is 79.0 Å². The van der Waals surface area contributed by atoms with E-state index in [0.29, 0.717) is 29.1 Å². The third kappa shape index (κ3) is 4.83. The number of carbonyl (C=O) groups excluding carboxylic acids is 2. The van der Waals surface area contributed by atoms with Crippen molar-refractivity contribution in [2.45, 2.75) is 19.3 Å². The summed E-state index contributed by atoms with van der Waals surface area (Å²) in [5.41, 5.74) is 1.67. The zero-order chi connectivity index (χ0) is 19.2. The SMILES string of the molecule is O=C(CCC(=O)c1ccccc1Cl)NCCc1cc2ccccc2[nH]c1=O. The lowest BCUT2D eigenvalue weighted by Crippen LogP contribution is -2.27. The van der Waals surface area contributed by atoms with E-state index in [1.54, 1.807) is 24.3 Å². The van der Waals surface area contributed by atoms with E-state index >= 15 is 0 Å². The van der Waals surface area contributed by atoms with Gasteiger partial charge in [-0.15, -0.1) is 0 Å². The number of H-pyrrole nitrogens is 1. The van der Waals surface area contributed by atoms with Crippen LogP contribution in [0, 0.1) is 0 Å². The van der Waals surface area contributed by atoms with Crippen molar-refractivity contribution in [1.82, 2.24) is 10.3 Å². The van der Waals surface area contributed by atoms with Gasteiger partial charge in [-0.05, 0) is 36.1 Å². The van der Waals surface area contributed by atoms with Crippen LogP contribution in [0.5, 0.6) is 0 Å². The van der Waals surface area contributed by atoms with Crippen LogP contribution in [0.4, 0.5) is 0 Å². The maximum atomic E-state index is 12.1. The molecule has 1 heterocycles. The number of benzene rings is 2. The molecule has 0 aliphatic heterocycles. The van der Waals surface area contributed by atoms with Crippen LogP contribution in [-0.4, -0.2) is 23.2 Å². The number of Topliss-reactive ketones (excluding diaryl/α,β-unsaturated/α-hetero) is 1. The van der Waals surface area contributed by atoms with E-state index in [1.165, 1.54) is 0 Å². The fraction of sp³-hybridized carbons (Fsp3) is 0.190. The molecule has 2 N–H and O–H groups in total. The summed E-state index contributed by atoms with van der Waals surface area (Å²) in [7, 11) is 0. The van der Waals surface area contributed by atoms with Crippen LogP contribution >= 0.6 is 11.6 Å². The molecule has 0 aliphatic rings. The summed E-state index contributed by atoms with van der Waals surface area (Å²) in [4.78, 5) is 39.0. The van der Waals surface area contributed by atoms with E-state index in [1.807, 2.05) is 30.3 Å². The lowest BCUT2D eigenvalue weighted by Gasteiger charge is -2.06. The van der Waals surface area contributed by atoms with Gasteiger partial charge in [0.05, 0.1) is 5.02 Å². The van der Waals surface area contributed by atoms with Crippen LogP contribution in [0.1, 0.15) is 28.8 Å². The van der Waals surface area contributed by atoms with Gasteiger partial charge in [-0.25, -0.2) is 0 Å². The minimum atomic E-state index is -0.229. The maximum absolute atomic E-state index is 12.1. The lowest BCUT2D eigenvalue weighted by molar-refractivity contribution is -0.121. The van der Waals surface area contributed by atoms with Crippen molar-refractivity contribution in [3.8, 4) is 0 Å². The molecule has 3 aromatic rings. The Morgan fingerprint density at radius 3 is 2.56 bits per heavy atom. The van der Waals surface area contributed by atoms with Gasteiger partial charge >= 0.3 is 0 Å². The molecule has 0 aliphatic carbocycles. The van der Waals surface area contributed by atoms with E-state index < -0.39 is 0 Å². The summed E-state index contributed by atoms with van der Waals surface area (Å²) in [6, 6.07) is 16.2. The summed E-state index contributed by atoms with van der Waals surface area (Å²) in [6.45, 7) is 0.334. The highest BCUT2D eigenvalue weighted by atomic mass is 35.5. The van der Waals surface area contributed by atoms with Gasteiger partial charge < -0.3 is 10.3 Å². The molecular weight excluding hydrogens is 364 g/mol. The molecule has 1 aromatic heterocycles. The zero-order valence-electron chi connectivity index (χ0n) is 14.6. The fourth-order valence-electron chi connectivity index (χ4n) is 2.85. The van der Waals surface area contributed by atoms with Crippen molar-refractivity contribution in [2.24, 2.45) is 0 Å². The number of rotatable bonds is 7. The number of halogens is 1. The van der Waals surface area contributed by atoms with Gasteiger partial charge in [0.1, 0.15) is 0 Å². The number of ketones is 1. The fourth-order valence-corrected chi connectivity index (χ4v) is 3.09. The van der Waals surface area contributed by atoms with Crippen LogP contribution in [0.2, 0.25) is 5.02 Å². The summed E-state index contributed by atoms with van der Waals surface area (Å²) in [6.07, 6.45) is 0.592. The van der Waals surface area contributed by atoms with Crippen molar-refractivity contribution in [3.05, 3.63) is 81.1 Å². The molecule has 0 unspecified atom stereocenters. The second-order valence-electron chi connectivity index (χ2n) is 6.21. The summed E-state index contributed by atoms with van der Waals surface area (Å²) < 4.78 is 0. The van der Waals surface area contributed by atoms with E-state index in [2.05, 4.69) is 10.3 Å². The summed E-state index contributed by atoms with van der Waals surface area (Å²) in [5.74, 6) is -0.394. The summed E-state index contributed by atoms with van der Waals surface area (Å²) in [5, 5.41) is 4.09. The number of aromatic nitrogens is 1.